The number of carbonyl (C=O) groups excluding carboxylic acids is 3. The van der Waals surface area contributed by atoms with Crippen LogP contribution in [0.2, 0.25) is 0 Å². The quantitative estimate of drug-likeness (QED) is 0.295. The molecule has 0 spiro atoms. The third-order valence-corrected chi connectivity index (χ3v) is 3.95. The van der Waals surface area contributed by atoms with Gasteiger partial charge in [0.2, 0.25) is 17.6 Å². The van der Waals surface area contributed by atoms with E-state index >= 15 is 0 Å². The van der Waals surface area contributed by atoms with Crippen LogP contribution >= 0.6 is 0 Å². The monoisotopic (exact) mass is 390 g/mol. The van der Waals surface area contributed by atoms with Gasteiger partial charge in [-0.25, -0.2) is 10.9 Å². The molecule has 0 fully saturated rings. The second-order valence-corrected chi connectivity index (χ2v) is 5.96. The van der Waals surface area contributed by atoms with Gasteiger partial charge in [-0.05, 0) is 25.5 Å². The van der Waals surface area contributed by atoms with E-state index in [1.165, 1.54) is 27.4 Å². The molecule has 28 heavy (non-hydrogen) atoms. The fourth-order valence-corrected chi connectivity index (χ4v) is 2.56. The number of carbonyl (C=O) groups is 3. The van der Waals surface area contributed by atoms with Gasteiger partial charge in [0.15, 0.2) is 11.5 Å². The zero-order valence-corrected chi connectivity index (χ0v) is 16.1. The number of hydrogen-bond donors (Lipinski definition) is 2. The lowest BCUT2D eigenvalue weighted by Crippen LogP contribution is -2.25. The van der Waals surface area contributed by atoms with Gasteiger partial charge in [0.1, 0.15) is 0 Å². The average Bonchev–Trinajstić information content (AvgIpc) is 2.98. The summed E-state index contributed by atoms with van der Waals surface area (Å²) in [5.41, 5.74) is 6.00. The van der Waals surface area contributed by atoms with Crippen LogP contribution in [0.3, 0.4) is 0 Å². The minimum absolute atomic E-state index is 0.125. The van der Waals surface area contributed by atoms with E-state index < -0.39 is 11.9 Å². The van der Waals surface area contributed by atoms with E-state index in [0.29, 0.717) is 17.7 Å². The summed E-state index contributed by atoms with van der Waals surface area (Å²) in [6.45, 7) is 3.01. The van der Waals surface area contributed by atoms with E-state index in [4.69, 9.17) is 14.2 Å². The van der Waals surface area contributed by atoms with Crippen molar-refractivity contribution in [3.8, 4) is 17.2 Å². The number of esters is 1. The fraction of sp³-hybridized carbons (Fsp3) is 0.389. The van der Waals surface area contributed by atoms with E-state index in [-0.39, 0.29) is 35.5 Å². The molecule has 1 aliphatic rings. The number of amides is 2. The predicted molar refractivity (Wildman–Crippen MR) is 101 cm³/mol. The van der Waals surface area contributed by atoms with Crippen molar-refractivity contribution in [2.24, 2.45) is 16.1 Å². The third kappa shape index (κ3) is 5.29. The first kappa shape index (κ1) is 20.9. The lowest BCUT2D eigenvalue weighted by Gasteiger charge is -2.13. The lowest BCUT2D eigenvalue weighted by molar-refractivity contribution is -0.132. The van der Waals surface area contributed by atoms with Gasteiger partial charge >= 0.3 is 5.97 Å². The minimum atomic E-state index is -0.512. The van der Waals surface area contributed by atoms with Crippen LogP contribution in [0.1, 0.15) is 32.3 Å². The van der Waals surface area contributed by atoms with Gasteiger partial charge in [-0.15, -0.1) is 0 Å². The average molecular weight is 390 g/mol. The van der Waals surface area contributed by atoms with Crippen LogP contribution in [-0.4, -0.2) is 43.9 Å². The largest absolute Gasteiger partial charge is 0.493 e. The van der Waals surface area contributed by atoms with Gasteiger partial charge in [-0.2, -0.15) is 10.2 Å². The highest BCUT2D eigenvalue weighted by atomic mass is 16.6. The summed E-state index contributed by atoms with van der Waals surface area (Å²) < 4.78 is 15.5. The van der Waals surface area contributed by atoms with E-state index in [1.807, 2.05) is 0 Å². The van der Waals surface area contributed by atoms with Crippen molar-refractivity contribution in [2.75, 3.05) is 14.2 Å². The maximum atomic E-state index is 11.9. The number of hydrazone groups is 2. The Balaban J connectivity index is 1.99. The van der Waals surface area contributed by atoms with Gasteiger partial charge in [-0.1, -0.05) is 0 Å². The van der Waals surface area contributed by atoms with Gasteiger partial charge in [0, 0.05) is 24.6 Å². The first-order chi connectivity index (χ1) is 13.3. The molecule has 1 heterocycles. The Hall–Kier alpha value is -3.43. The van der Waals surface area contributed by atoms with E-state index in [2.05, 4.69) is 21.1 Å². The van der Waals surface area contributed by atoms with Crippen molar-refractivity contribution in [1.82, 2.24) is 10.9 Å². The molecule has 1 aliphatic heterocycles. The molecule has 2 amide bonds. The molecule has 0 aromatic heterocycles. The van der Waals surface area contributed by atoms with Crippen LogP contribution in [0.4, 0.5) is 0 Å². The van der Waals surface area contributed by atoms with Crippen molar-refractivity contribution in [3.05, 3.63) is 17.7 Å². The summed E-state index contributed by atoms with van der Waals surface area (Å²) in [4.78, 5) is 34.7. The van der Waals surface area contributed by atoms with Crippen LogP contribution in [-0.2, 0) is 14.4 Å². The summed E-state index contributed by atoms with van der Waals surface area (Å²) in [6.07, 6.45) is 1.87. The highest BCUT2D eigenvalue weighted by Crippen LogP contribution is 2.38. The van der Waals surface area contributed by atoms with Gasteiger partial charge in [0.05, 0.1) is 26.4 Å². The van der Waals surface area contributed by atoms with Gasteiger partial charge in [0.25, 0.3) is 0 Å². The van der Waals surface area contributed by atoms with Crippen molar-refractivity contribution >= 4 is 29.7 Å². The fourth-order valence-electron chi connectivity index (χ4n) is 2.56. The van der Waals surface area contributed by atoms with Crippen LogP contribution in [0, 0.1) is 5.92 Å². The number of benzene rings is 1. The molecular formula is C18H22N4O6. The molecule has 2 N–H and O–H groups in total. The number of nitrogens with one attached hydrogen (secondary N) is 2. The highest BCUT2D eigenvalue weighted by Gasteiger charge is 2.27. The van der Waals surface area contributed by atoms with E-state index in [1.54, 1.807) is 19.1 Å². The molecule has 1 atom stereocenters. The Bertz CT molecular complexity index is 808. The van der Waals surface area contributed by atoms with E-state index in [9.17, 15) is 14.4 Å². The molecule has 150 valence electrons. The third-order valence-electron chi connectivity index (χ3n) is 3.95. The molecule has 10 nitrogen and oxygen atoms in total. The molecule has 0 saturated heterocycles. The summed E-state index contributed by atoms with van der Waals surface area (Å²) in [7, 11) is 2.85. The SMILES string of the molecule is COc1cc(/C=N\NC(=O)CC[C@@H]2C(=O)NN=C2C)cc(OC)c1OC(C)=O. The van der Waals surface area contributed by atoms with Gasteiger partial charge in [-0.3, -0.25) is 14.4 Å². The number of ether oxygens (including phenoxy) is 3. The maximum Gasteiger partial charge on any atom is 0.308 e. The Morgan fingerprint density at radius 1 is 1.29 bits per heavy atom. The zero-order chi connectivity index (χ0) is 20.7. The topological polar surface area (TPSA) is 128 Å². The molecule has 2 rings (SSSR count). The predicted octanol–water partition coefficient (Wildman–Crippen LogP) is 0.981. The minimum Gasteiger partial charge on any atom is -0.493 e. The molecule has 0 radical (unpaired) electrons. The van der Waals surface area contributed by atoms with Crippen LogP contribution in [0.5, 0.6) is 17.2 Å². The number of methoxy groups -OCH3 is 2. The summed E-state index contributed by atoms with van der Waals surface area (Å²) in [5.74, 6) is -0.724. The lowest BCUT2D eigenvalue weighted by atomic mass is 9.99. The smallest absolute Gasteiger partial charge is 0.308 e. The van der Waals surface area contributed by atoms with Crippen LogP contribution in [0.25, 0.3) is 0 Å². The second kappa shape index (κ2) is 9.49. The Labute approximate surface area is 161 Å². The first-order valence-electron chi connectivity index (χ1n) is 8.46. The maximum absolute atomic E-state index is 11.9. The van der Waals surface area contributed by atoms with Crippen LogP contribution in [0.15, 0.2) is 22.3 Å². The van der Waals surface area contributed by atoms with Crippen molar-refractivity contribution < 1.29 is 28.6 Å². The molecule has 0 unspecified atom stereocenters. The Morgan fingerprint density at radius 3 is 2.43 bits per heavy atom. The molecule has 0 aliphatic carbocycles. The molecule has 10 heteroatoms. The molecule has 1 aromatic carbocycles. The Kier molecular flexibility index (Phi) is 7.08. The zero-order valence-electron chi connectivity index (χ0n) is 16.1. The summed E-state index contributed by atoms with van der Waals surface area (Å²) in [6, 6.07) is 3.16. The van der Waals surface area contributed by atoms with Crippen molar-refractivity contribution in [3.63, 3.8) is 0 Å². The standard InChI is InChI=1S/C18H22N4O6/c1-10-13(18(25)22-20-10)5-6-16(24)21-19-9-12-7-14(26-3)17(28-11(2)23)15(8-12)27-4/h7-9,13H,5-6H2,1-4H3,(H,21,24)(H,22,25)/b19-9-/t13-/m0/s1. The second-order valence-electron chi connectivity index (χ2n) is 5.96. The van der Waals surface area contributed by atoms with Crippen molar-refractivity contribution in [1.29, 1.82) is 0 Å². The Morgan fingerprint density at radius 2 is 1.93 bits per heavy atom. The molecule has 0 bridgehead atoms. The summed E-state index contributed by atoms with van der Waals surface area (Å²) >= 11 is 0. The normalized spacial score (nSPS) is 15.8. The highest BCUT2D eigenvalue weighted by molar-refractivity contribution is 6.07. The van der Waals surface area contributed by atoms with Crippen molar-refractivity contribution in [2.45, 2.75) is 26.7 Å². The summed E-state index contributed by atoms with van der Waals surface area (Å²) in [5, 5.41) is 7.73. The van der Waals surface area contributed by atoms with E-state index in [0.717, 1.165) is 0 Å². The van der Waals surface area contributed by atoms with Gasteiger partial charge < -0.3 is 14.2 Å². The molecular weight excluding hydrogens is 368 g/mol. The number of nitrogens with zero attached hydrogens (tertiary/aromatic N) is 2. The molecule has 1 aromatic rings. The first-order valence-corrected chi connectivity index (χ1v) is 8.46. The number of hydrogen-bond acceptors (Lipinski definition) is 8. The number of rotatable bonds is 8. The van der Waals surface area contributed by atoms with Crippen LogP contribution < -0.4 is 25.1 Å². The molecule has 0 saturated carbocycles.